The van der Waals surface area contributed by atoms with E-state index in [0.717, 1.165) is 11.1 Å². The Hall–Kier alpha value is -3.17. The van der Waals surface area contributed by atoms with Gasteiger partial charge in [0.05, 0.1) is 11.6 Å². The molecule has 0 saturated carbocycles. The van der Waals surface area contributed by atoms with Crippen LogP contribution in [0.2, 0.25) is 10.0 Å². The molecular weight excluding hydrogens is 549 g/mol. The SMILES string of the molecule is Cc1ccc(/C(O)=C2/C(=O)C(=O)N(c3nnc(SCc4ccccc4Cl)s3)C2c2ccc(Cl)cc2)cc1. The van der Waals surface area contributed by atoms with Gasteiger partial charge in [-0.2, -0.15) is 0 Å². The van der Waals surface area contributed by atoms with E-state index in [-0.39, 0.29) is 16.5 Å². The molecule has 1 unspecified atom stereocenters. The molecule has 186 valence electrons. The van der Waals surface area contributed by atoms with E-state index in [1.54, 1.807) is 36.4 Å². The second-order valence-electron chi connectivity index (χ2n) is 8.32. The summed E-state index contributed by atoms with van der Waals surface area (Å²) in [6, 6.07) is 20.5. The van der Waals surface area contributed by atoms with Crippen molar-refractivity contribution in [3.63, 3.8) is 0 Å². The number of rotatable bonds is 6. The third-order valence-electron chi connectivity index (χ3n) is 5.87. The lowest BCUT2D eigenvalue weighted by Gasteiger charge is -2.22. The topological polar surface area (TPSA) is 83.4 Å². The van der Waals surface area contributed by atoms with Crippen LogP contribution in [0.1, 0.15) is 28.3 Å². The molecule has 0 spiro atoms. The van der Waals surface area contributed by atoms with Crippen LogP contribution in [0, 0.1) is 6.92 Å². The Morgan fingerprint density at radius 3 is 2.41 bits per heavy atom. The number of ketones is 1. The van der Waals surface area contributed by atoms with Crippen LogP contribution in [0.5, 0.6) is 0 Å². The van der Waals surface area contributed by atoms with Gasteiger partial charge in [-0.25, -0.2) is 0 Å². The van der Waals surface area contributed by atoms with Crippen LogP contribution >= 0.6 is 46.3 Å². The summed E-state index contributed by atoms with van der Waals surface area (Å²) >= 11 is 15.0. The summed E-state index contributed by atoms with van der Waals surface area (Å²) in [7, 11) is 0. The number of hydrogen-bond donors (Lipinski definition) is 1. The Balaban J connectivity index is 1.54. The van der Waals surface area contributed by atoms with Crippen LogP contribution < -0.4 is 4.90 Å². The van der Waals surface area contributed by atoms with Crippen molar-refractivity contribution in [2.75, 3.05) is 4.90 Å². The number of amides is 1. The molecule has 1 saturated heterocycles. The Morgan fingerprint density at radius 1 is 1.00 bits per heavy atom. The number of aromatic nitrogens is 2. The lowest BCUT2D eigenvalue weighted by atomic mass is 9.95. The van der Waals surface area contributed by atoms with Crippen LogP contribution in [0.25, 0.3) is 5.76 Å². The normalized spacial score (nSPS) is 16.9. The van der Waals surface area contributed by atoms with E-state index in [2.05, 4.69) is 10.2 Å². The maximum Gasteiger partial charge on any atom is 0.301 e. The Kier molecular flexibility index (Phi) is 7.35. The van der Waals surface area contributed by atoms with Gasteiger partial charge in [0.15, 0.2) is 4.34 Å². The fraction of sp³-hybridized carbons (Fsp3) is 0.111. The minimum Gasteiger partial charge on any atom is -0.507 e. The molecule has 0 radical (unpaired) electrons. The van der Waals surface area contributed by atoms with Crippen LogP contribution in [-0.4, -0.2) is 27.0 Å². The molecule has 37 heavy (non-hydrogen) atoms. The van der Waals surface area contributed by atoms with Crippen molar-refractivity contribution in [1.29, 1.82) is 0 Å². The highest BCUT2D eigenvalue weighted by molar-refractivity contribution is 8.00. The van der Waals surface area contributed by atoms with Gasteiger partial charge >= 0.3 is 5.91 Å². The smallest absolute Gasteiger partial charge is 0.301 e. The molecule has 0 bridgehead atoms. The number of Topliss-reactive ketones (excluding diaryl/α,β-unsaturated/α-hetero) is 1. The van der Waals surface area contributed by atoms with Crippen LogP contribution in [0.4, 0.5) is 5.13 Å². The van der Waals surface area contributed by atoms with Crippen LogP contribution in [0.15, 0.2) is 82.7 Å². The molecule has 4 aromatic rings. The Labute approximate surface area is 231 Å². The molecule has 1 aliphatic rings. The monoisotopic (exact) mass is 567 g/mol. The maximum absolute atomic E-state index is 13.3. The number of benzene rings is 3. The number of anilines is 1. The molecule has 1 atom stereocenters. The highest BCUT2D eigenvalue weighted by atomic mass is 35.5. The number of hydrogen-bond acceptors (Lipinski definition) is 7. The lowest BCUT2D eigenvalue weighted by molar-refractivity contribution is -0.132. The molecule has 2 heterocycles. The highest BCUT2D eigenvalue weighted by Gasteiger charge is 2.48. The third-order valence-corrected chi connectivity index (χ3v) is 8.59. The fourth-order valence-corrected chi connectivity index (χ4v) is 6.25. The highest BCUT2D eigenvalue weighted by Crippen LogP contribution is 2.44. The van der Waals surface area contributed by atoms with Crippen molar-refractivity contribution in [2.24, 2.45) is 0 Å². The van der Waals surface area contributed by atoms with Crippen molar-refractivity contribution in [1.82, 2.24) is 10.2 Å². The van der Waals surface area contributed by atoms with Gasteiger partial charge in [-0.1, -0.05) is 106 Å². The second kappa shape index (κ2) is 10.7. The average molecular weight is 569 g/mol. The lowest BCUT2D eigenvalue weighted by Crippen LogP contribution is -2.29. The molecule has 6 nitrogen and oxygen atoms in total. The number of nitrogens with zero attached hydrogens (tertiary/aromatic N) is 3. The van der Waals surface area contributed by atoms with Gasteiger partial charge in [0.2, 0.25) is 5.13 Å². The molecular formula is C27H19Cl2N3O3S2. The maximum atomic E-state index is 13.3. The van der Waals surface area contributed by atoms with E-state index in [4.69, 9.17) is 23.2 Å². The van der Waals surface area contributed by atoms with Gasteiger partial charge in [-0.05, 0) is 36.2 Å². The first-order valence-electron chi connectivity index (χ1n) is 11.2. The molecule has 1 N–H and O–H groups in total. The minimum absolute atomic E-state index is 0.0170. The zero-order valence-electron chi connectivity index (χ0n) is 19.4. The quantitative estimate of drug-likeness (QED) is 0.0881. The summed E-state index contributed by atoms with van der Waals surface area (Å²) in [4.78, 5) is 27.9. The van der Waals surface area contributed by atoms with Crippen molar-refractivity contribution < 1.29 is 14.7 Å². The second-order valence-corrected chi connectivity index (χ2v) is 11.3. The Morgan fingerprint density at radius 2 is 1.70 bits per heavy atom. The molecule has 0 aliphatic carbocycles. The van der Waals surface area contributed by atoms with Crippen LogP contribution in [-0.2, 0) is 15.3 Å². The first kappa shape index (κ1) is 25.5. The number of carbonyl (C=O) groups is 2. The van der Waals surface area contributed by atoms with Gasteiger partial charge in [0, 0.05) is 21.4 Å². The number of halogens is 2. The van der Waals surface area contributed by atoms with E-state index in [1.807, 2.05) is 43.3 Å². The molecule has 10 heteroatoms. The van der Waals surface area contributed by atoms with E-state index in [9.17, 15) is 14.7 Å². The van der Waals surface area contributed by atoms with E-state index in [0.29, 0.717) is 31.3 Å². The van der Waals surface area contributed by atoms with Crippen molar-refractivity contribution in [3.8, 4) is 0 Å². The molecule has 1 fully saturated rings. The van der Waals surface area contributed by atoms with E-state index < -0.39 is 17.7 Å². The van der Waals surface area contributed by atoms with Gasteiger partial charge < -0.3 is 5.11 Å². The van der Waals surface area contributed by atoms with Gasteiger partial charge in [0.25, 0.3) is 5.78 Å². The first-order chi connectivity index (χ1) is 17.8. The molecule has 5 rings (SSSR count). The summed E-state index contributed by atoms with van der Waals surface area (Å²) in [5.41, 5.74) is 2.98. The summed E-state index contributed by atoms with van der Waals surface area (Å²) in [5, 5.41) is 21.1. The average Bonchev–Trinajstić information content (AvgIpc) is 3.46. The van der Waals surface area contributed by atoms with E-state index >= 15 is 0 Å². The molecule has 1 aromatic heterocycles. The summed E-state index contributed by atoms with van der Waals surface area (Å²) in [6.45, 7) is 1.92. The van der Waals surface area contributed by atoms with Crippen molar-refractivity contribution in [3.05, 3.63) is 111 Å². The molecule has 1 aliphatic heterocycles. The van der Waals surface area contributed by atoms with Crippen molar-refractivity contribution in [2.45, 2.75) is 23.1 Å². The minimum atomic E-state index is -0.895. The molecule has 3 aromatic carbocycles. The Bertz CT molecular complexity index is 1520. The molecule has 1 amide bonds. The number of thioether (sulfide) groups is 1. The first-order valence-corrected chi connectivity index (χ1v) is 13.7. The summed E-state index contributed by atoms with van der Waals surface area (Å²) in [6.07, 6.45) is 0. The summed E-state index contributed by atoms with van der Waals surface area (Å²) < 4.78 is 0.616. The number of aliphatic hydroxyl groups is 1. The number of aliphatic hydroxyl groups excluding tert-OH is 1. The number of carbonyl (C=O) groups excluding carboxylic acids is 2. The third kappa shape index (κ3) is 5.15. The van der Waals surface area contributed by atoms with Gasteiger partial charge in [0.1, 0.15) is 5.76 Å². The van der Waals surface area contributed by atoms with Gasteiger partial charge in [-0.15, -0.1) is 10.2 Å². The fourth-order valence-electron chi connectivity index (χ4n) is 3.97. The zero-order chi connectivity index (χ0) is 26.1. The van der Waals surface area contributed by atoms with Gasteiger partial charge in [-0.3, -0.25) is 14.5 Å². The predicted octanol–water partition coefficient (Wildman–Crippen LogP) is 7.07. The number of aryl methyl sites for hydroxylation is 1. The largest absolute Gasteiger partial charge is 0.507 e. The van der Waals surface area contributed by atoms with Crippen LogP contribution in [0.3, 0.4) is 0 Å². The van der Waals surface area contributed by atoms with Crippen molar-refractivity contribution >= 4 is 68.9 Å². The predicted molar refractivity (Wildman–Crippen MR) is 148 cm³/mol. The van der Waals surface area contributed by atoms with E-state index in [1.165, 1.54) is 28.0 Å². The summed E-state index contributed by atoms with van der Waals surface area (Å²) in [5.74, 6) is -1.26. The zero-order valence-corrected chi connectivity index (χ0v) is 22.5. The standard InChI is InChI=1S/C27H19Cl2N3O3S2/c1-15-6-8-17(9-7-15)23(33)21-22(16-10-12-19(28)13-11-16)32(25(35)24(21)34)26-30-31-27(37-26)36-14-18-4-2-3-5-20(18)29/h2-13,22,33H,14H2,1H3/b23-21-.